The Bertz CT molecular complexity index is 280. The molecule has 0 aromatic heterocycles. The number of hydrogen-bond acceptors (Lipinski definition) is 4. The topological polar surface area (TPSA) is 102 Å². The average Bonchev–Trinajstić information content (AvgIpc) is 2.25. The summed E-state index contributed by atoms with van der Waals surface area (Å²) < 4.78 is 0. The molecule has 0 spiro atoms. The van der Waals surface area contributed by atoms with Crippen LogP contribution in [0.15, 0.2) is 16.3 Å². The summed E-state index contributed by atoms with van der Waals surface area (Å²) in [6, 6.07) is -0.396. The lowest BCUT2D eigenvalue weighted by atomic mass is 10.1. The molecule has 66 valence electrons. The number of primary amides is 1. The molecule has 1 atom stereocenters. The van der Waals surface area contributed by atoms with Gasteiger partial charge in [-0.05, 0) is 6.42 Å². The Morgan fingerprint density at radius 2 is 2.33 bits per heavy atom. The van der Waals surface area contributed by atoms with Gasteiger partial charge in [-0.25, -0.2) is 0 Å². The van der Waals surface area contributed by atoms with E-state index in [0.717, 1.165) is 0 Å². The molecule has 12 heavy (non-hydrogen) atoms. The summed E-state index contributed by atoms with van der Waals surface area (Å²) in [5.41, 5.74) is 10.3. The molecule has 0 aromatic rings. The van der Waals surface area contributed by atoms with Gasteiger partial charge in [0.15, 0.2) is 0 Å². The molecule has 1 rings (SSSR count). The van der Waals surface area contributed by atoms with Crippen LogP contribution in [0.3, 0.4) is 0 Å². The quantitative estimate of drug-likeness (QED) is 0.516. The van der Waals surface area contributed by atoms with Crippen LogP contribution in [0.5, 0.6) is 0 Å². The molecular formula is C7H11N3O2. The second-order valence-corrected chi connectivity index (χ2v) is 2.56. The predicted octanol–water partition coefficient (Wildman–Crippen LogP) is -0.567. The van der Waals surface area contributed by atoms with Gasteiger partial charge in [0, 0.05) is 0 Å². The molecule has 0 bridgehead atoms. The largest absolute Gasteiger partial charge is 0.509 e. The van der Waals surface area contributed by atoms with Crippen molar-refractivity contribution in [3.8, 4) is 0 Å². The summed E-state index contributed by atoms with van der Waals surface area (Å²) in [7, 11) is 0. The first-order valence-electron chi connectivity index (χ1n) is 3.64. The Balaban J connectivity index is 3.05. The summed E-state index contributed by atoms with van der Waals surface area (Å²) in [5.74, 6) is -0.806. The molecule has 0 aliphatic carbocycles. The van der Waals surface area contributed by atoms with Gasteiger partial charge in [0.2, 0.25) is 0 Å². The highest BCUT2D eigenvalue weighted by molar-refractivity contribution is 6.21. The highest BCUT2D eigenvalue weighted by Crippen LogP contribution is 2.19. The van der Waals surface area contributed by atoms with E-state index in [4.69, 9.17) is 11.5 Å². The van der Waals surface area contributed by atoms with E-state index in [-0.39, 0.29) is 17.2 Å². The van der Waals surface area contributed by atoms with E-state index in [0.29, 0.717) is 6.42 Å². The lowest BCUT2D eigenvalue weighted by molar-refractivity contribution is -0.114. The van der Waals surface area contributed by atoms with E-state index in [1.165, 1.54) is 0 Å². The number of aliphatic imine (C=N–C) groups is 1. The number of amidine groups is 1. The second kappa shape index (κ2) is 2.84. The molecule has 0 radical (unpaired) electrons. The lowest BCUT2D eigenvalue weighted by Gasteiger charge is -2.02. The number of hydrogen-bond donors (Lipinski definition) is 3. The summed E-state index contributed by atoms with van der Waals surface area (Å²) in [6.45, 7) is 1.83. The molecular weight excluding hydrogens is 158 g/mol. The number of carbonyl (C=O) groups is 1. The molecule has 0 aromatic carbocycles. The van der Waals surface area contributed by atoms with Crippen LogP contribution in [0.1, 0.15) is 13.3 Å². The minimum Gasteiger partial charge on any atom is -0.509 e. The van der Waals surface area contributed by atoms with Crippen LogP contribution in [0.25, 0.3) is 0 Å². The van der Waals surface area contributed by atoms with Gasteiger partial charge in [-0.3, -0.25) is 9.79 Å². The molecule has 1 aliphatic heterocycles. The van der Waals surface area contributed by atoms with Crippen molar-refractivity contribution in [1.29, 1.82) is 0 Å². The first-order valence-corrected chi connectivity index (χ1v) is 3.64. The van der Waals surface area contributed by atoms with Gasteiger partial charge >= 0.3 is 0 Å². The Kier molecular flexibility index (Phi) is 2.03. The molecule has 5 heteroatoms. The van der Waals surface area contributed by atoms with Crippen LogP contribution >= 0.6 is 0 Å². The van der Waals surface area contributed by atoms with E-state index < -0.39 is 11.9 Å². The van der Waals surface area contributed by atoms with Crippen molar-refractivity contribution >= 4 is 11.7 Å². The van der Waals surface area contributed by atoms with E-state index in [1.54, 1.807) is 0 Å². The number of rotatable bonds is 2. The fraction of sp³-hybridized carbons (Fsp3) is 0.429. The monoisotopic (exact) mass is 169 g/mol. The van der Waals surface area contributed by atoms with Crippen molar-refractivity contribution in [1.82, 2.24) is 0 Å². The Morgan fingerprint density at radius 3 is 2.58 bits per heavy atom. The molecule has 5 nitrogen and oxygen atoms in total. The van der Waals surface area contributed by atoms with Crippen molar-refractivity contribution in [2.75, 3.05) is 0 Å². The van der Waals surface area contributed by atoms with Crippen LogP contribution in [0.2, 0.25) is 0 Å². The third-order valence-corrected chi connectivity index (χ3v) is 1.76. The normalized spacial score (nSPS) is 22.8. The fourth-order valence-electron chi connectivity index (χ4n) is 1.13. The number of aliphatic hydroxyl groups is 1. The van der Waals surface area contributed by atoms with E-state index in [2.05, 4.69) is 4.99 Å². The highest BCUT2D eigenvalue weighted by Gasteiger charge is 2.28. The Hall–Kier alpha value is -1.52. The van der Waals surface area contributed by atoms with Gasteiger partial charge in [-0.2, -0.15) is 0 Å². The second-order valence-electron chi connectivity index (χ2n) is 2.56. The molecule has 5 N–H and O–H groups in total. The molecule has 1 unspecified atom stereocenters. The van der Waals surface area contributed by atoms with Crippen LogP contribution in [-0.2, 0) is 4.79 Å². The number of nitrogens with two attached hydrogens (primary N) is 2. The minimum absolute atomic E-state index is 0.0341. The molecule has 1 amide bonds. The van der Waals surface area contributed by atoms with Crippen LogP contribution < -0.4 is 11.5 Å². The highest BCUT2D eigenvalue weighted by atomic mass is 16.3. The summed E-state index contributed by atoms with van der Waals surface area (Å²) >= 11 is 0. The van der Waals surface area contributed by atoms with Gasteiger partial charge in [-0.15, -0.1) is 0 Å². The van der Waals surface area contributed by atoms with E-state index >= 15 is 0 Å². The van der Waals surface area contributed by atoms with E-state index in [9.17, 15) is 9.90 Å². The summed E-state index contributed by atoms with van der Waals surface area (Å²) in [6.07, 6.45) is 0.601. The number of nitrogens with zero attached hydrogens (tertiary/aromatic N) is 1. The molecule has 0 saturated heterocycles. The molecule has 1 aliphatic rings. The van der Waals surface area contributed by atoms with Gasteiger partial charge < -0.3 is 16.6 Å². The summed E-state index contributed by atoms with van der Waals surface area (Å²) in [4.78, 5) is 14.6. The van der Waals surface area contributed by atoms with Gasteiger partial charge in [0.25, 0.3) is 5.91 Å². The zero-order valence-corrected chi connectivity index (χ0v) is 6.74. The van der Waals surface area contributed by atoms with Crippen molar-refractivity contribution in [3.63, 3.8) is 0 Å². The first-order chi connectivity index (χ1) is 5.57. The van der Waals surface area contributed by atoms with Crippen molar-refractivity contribution in [2.24, 2.45) is 16.5 Å². The Labute approximate surface area is 69.8 Å². The van der Waals surface area contributed by atoms with Crippen molar-refractivity contribution < 1.29 is 9.90 Å². The number of aliphatic hydroxyl groups excluding tert-OH is 1. The minimum atomic E-state index is -0.732. The third-order valence-electron chi connectivity index (χ3n) is 1.76. The van der Waals surface area contributed by atoms with Crippen molar-refractivity contribution in [3.05, 3.63) is 11.3 Å². The van der Waals surface area contributed by atoms with Crippen LogP contribution in [0, 0.1) is 0 Å². The Morgan fingerprint density at radius 1 is 1.75 bits per heavy atom. The van der Waals surface area contributed by atoms with Gasteiger partial charge in [-0.1, -0.05) is 6.92 Å². The zero-order chi connectivity index (χ0) is 9.30. The average molecular weight is 169 g/mol. The van der Waals surface area contributed by atoms with Gasteiger partial charge in [0.05, 0.1) is 0 Å². The molecule has 1 heterocycles. The van der Waals surface area contributed by atoms with Gasteiger partial charge in [0.1, 0.15) is 23.2 Å². The number of carbonyl (C=O) groups excluding carboxylic acids is 1. The number of amides is 1. The standard InChI is InChI=1S/C7H11N3O2/c1-2-3-5(11)4(7(9)12)6(8)10-3/h3,11H,2H2,1H3,(H2,8,10)(H2,9,12). The smallest absolute Gasteiger partial charge is 0.255 e. The SMILES string of the molecule is CCC1N=C(N)C(C(N)=O)=C1O. The lowest BCUT2D eigenvalue weighted by Crippen LogP contribution is -2.25. The molecule has 0 saturated carbocycles. The third kappa shape index (κ3) is 1.13. The maximum Gasteiger partial charge on any atom is 0.255 e. The van der Waals surface area contributed by atoms with Crippen LogP contribution in [0.4, 0.5) is 0 Å². The molecule has 0 fully saturated rings. The van der Waals surface area contributed by atoms with E-state index in [1.807, 2.05) is 6.92 Å². The first kappa shape index (κ1) is 8.58. The predicted molar refractivity (Wildman–Crippen MR) is 44.6 cm³/mol. The maximum absolute atomic E-state index is 10.7. The van der Waals surface area contributed by atoms with Crippen LogP contribution in [-0.4, -0.2) is 22.9 Å². The maximum atomic E-state index is 10.7. The zero-order valence-electron chi connectivity index (χ0n) is 6.74. The fourth-order valence-corrected chi connectivity index (χ4v) is 1.13. The van der Waals surface area contributed by atoms with Crippen molar-refractivity contribution in [2.45, 2.75) is 19.4 Å². The summed E-state index contributed by atoms with van der Waals surface area (Å²) in [5, 5.41) is 9.37.